The van der Waals surface area contributed by atoms with Gasteiger partial charge < -0.3 is 10.5 Å². The van der Waals surface area contributed by atoms with Crippen molar-refractivity contribution in [1.82, 2.24) is 0 Å². The molecule has 0 saturated heterocycles. The molecule has 1 aromatic carbocycles. The lowest BCUT2D eigenvalue weighted by molar-refractivity contribution is 0.119. The van der Waals surface area contributed by atoms with E-state index in [1.54, 1.807) is 18.2 Å². The van der Waals surface area contributed by atoms with E-state index in [0.717, 1.165) is 6.42 Å². The molecule has 0 aliphatic carbocycles. The van der Waals surface area contributed by atoms with Crippen LogP contribution in [0, 0.1) is 5.82 Å². The molecule has 0 aromatic heterocycles. The monoisotopic (exact) mass is 197 g/mol. The number of rotatable bonds is 5. The van der Waals surface area contributed by atoms with E-state index in [2.05, 4.69) is 0 Å². The van der Waals surface area contributed by atoms with Crippen LogP contribution < -0.4 is 5.73 Å². The largest absolute Gasteiger partial charge is 0.377 e. The SMILES string of the molecule is CCCOCc1cccc(CN)c1F. The third-order valence-corrected chi connectivity index (χ3v) is 1.98. The third-order valence-electron chi connectivity index (χ3n) is 1.98. The lowest BCUT2D eigenvalue weighted by Crippen LogP contribution is -2.04. The maximum Gasteiger partial charge on any atom is 0.133 e. The highest BCUT2D eigenvalue weighted by Crippen LogP contribution is 2.13. The lowest BCUT2D eigenvalue weighted by atomic mass is 10.1. The van der Waals surface area contributed by atoms with Gasteiger partial charge in [-0.05, 0) is 6.42 Å². The predicted octanol–water partition coefficient (Wildman–Crippen LogP) is 2.21. The Morgan fingerprint density at radius 1 is 1.36 bits per heavy atom. The van der Waals surface area contributed by atoms with Gasteiger partial charge in [0, 0.05) is 24.3 Å². The van der Waals surface area contributed by atoms with E-state index in [4.69, 9.17) is 10.5 Å². The summed E-state index contributed by atoms with van der Waals surface area (Å²) >= 11 is 0. The molecule has 1 rings (SSSR count). The van der Waals surface area contributed by atoms with Crippen molar-refractivity contribution in [2.45, 2.75) is 26.5 Å². The molecule has 3 heteroatoms. The Morgan fingerprint density at radius 3 is 2.71 bits per heavy atom. The number of halogens is 1. The summed E-state index contributed by atoms with van der Waals surface area (Å²) in [7, 11) is 0. The van der Waals surface area contributed by atoms with Crippen LogP contribution in [0.4, 0.5) is 4.39 Å². The average Bonchev–Trinajstić information content (AvgIpc) is 2.21. The van der Waals surface area contributed by atoms with Gasteiger partial charge in [0.05, 0.1) is 6.61 Å². The van der Waals surface area contributed by atoms with Crippen LogP contribution in [0.3, 0.4) is 0 Å². The third kappa shape index (κ3) is 2.79. The first kappa shape index (κ1) is 11.1. The van der Waals surface area contributed by atoms with Crippen molar-refractivity contribution >= 4 is 0 Å². The van der Waals surface area contributed by atoms with Gasteiger partial charge in [0.25, 0.3) is 0 Å². The molecule has 0 amide bonds. The molecule has 0 heterocycles. The summed E-state index contributed by atoms with van der Waals surface area (Å²) in [6.45, 7) is 3.24. The number of hydrogen-bond acceptors (Lipinski definition) is 2. The van der Waals surface area contributed by atoms with Crippen molar-refractivity contribution in [2.24, 2.45) is 5.73 Å². The molecule has 0 radical (unpaired) electrons. The van der Waals surface area contributed by atoms with Gasteiger partial charge in [0.15, 0.2) is 0 Å². The van der Waals surface area contributed by atoms with Gasteiger partial charge in [-0.1, -0.05) is 25.1 Å². The fraction of sp³-hybridized carbons (Fsp3) is 0.455. The van der Waals surface area contributed by atoms with E-state index in [1.807, 2.05) is 6.92 Å². The maximum atomic E-state index is 13.5. The summed E-state index contributed by atoms with van der Waals surface area (Å²) in [5.74, 6) is -0.230. The van der Waals surface area contributed by atoms with Crippen LogP contribution in [0.1, 0.15) is 24.5 Å². The lowest BCUT2D eigenvalue weighted by Gasteiger charge is -2.07. The molecule has 1 aromatic rings. The first-order chi connectivity index (χ1) is 6.79. The molecule has 2 nitrogen and oxygen atoms in total. The fourth-order valence-corrected chi connectivity index (χ4v) is 1.23. The molecule has 0 spiro atoms. The van der Waals surface area contributed by atoms with Crippen molar-refractivity contribution in [2.75, 3.05) is 6.61 Å². The average molecular weight is 197 g/mol. The zero-order valence-electron chi connectivity index (χ0n) is 8.42. The van der Waals surface area contributed by atoms with Gasteiger partial charge in [0.1, 0.15) is 5.82 Å². The Kier molecular flexibility index (Phi) is 4.56. The van der Waals surface area contributed by atoms with E-state index in [0.29, 0.717) is 24.3 Å². The van der Waals surface area contributed by atoms with Crippen molar-refractivity contribution < 1.29 is 9.13 Å². The molecule has 0 fully saturated rings. The molecular formula is C11H16FNO. The molecule has 0 bridgehead atoms. The van der Waals surface area contributed by atoms with Gasteiger partial charge in [-0.25, -0.2) is 4.39 Å². The van der Waals surface area contributed by atoms with Crippen LogP contribution >= 0.6 is 0 Å². The number of nitrogens with two attached hydrogens (primary N) is 1. The quantitative estimate of drug-likeness (QED) is 0.734. The highest BCUT2D eigenvalue weighted by Gasteiger charge is 2.05. The Balaban J connectivity index is 2.66. The van der Waals surface area contributed by atoms with Gasteiger partial charge in [-0.15, -0.1) is 0 Å². The van der Waals surface area contributed by atoms with Crippen molar-refractivity contribution in [3.05, 3.63) is 35.1 Å². The van der Waals surface area contributed by atoms with Crippen LogP contribution in [0.25, 0.3) is 0 Å². The number of ether oxygens (including phenoxy) is 1. The molecular weight excluding hydrogens is 181 g/mol. The fourth-order valence-electron chi connectivity index (χ4n) is 1.23. The minimum absolute atomic E-state index is 0.230. The first-order valence-electron chi connectivity index (χ1n) is 4.83. The Hall–Kier alpha value is -0.930. The Labute approximate surface area is 83.9 Å². The van der Waals surface area contributed by atoms with Gasteiger partial charge in [0.2, 0.25) is 0 Å². The summed E-state index contributed by atoms with van der Waals surface area (Å²) in [5, 5.41) is 0. The minimum Gasteiger partial charge on any atom is -0.377 e. The van der Waals surface area contributed by atoms with Gasteiger partial charge >= 0.3 is 0 Å². The van der Waals surface area contributed by atoms with E-state index in [1.165, 1.54) is 0 Å². The molecule has 0 aliphatic heterocycles. The van der Waals surface area contributed by atoms with Crippen LogP contribution in [-0.4, -0.2) is 6.61 Å². The van der Waals surface area contributed by atoms with Crippen LogP contribution in [0.15, 0.2) is 18.2 Å². The summed E-state index contributed by atoms with van der Waals surface area (Å²) in [5.41, 5.74) is 6.52. The second kappa shape index (κ2) is 5.73. The van der Waals surface area contributed by atoms with E-state index >= 15 is 0 Å². The van der Waals surface area contributed by atoms with Crippen LogP contribution in [0.2, 0.25) is 0 Å². The predicted molar refractivity (Wildman–Crippen MR) is 54.2 cm³/mol. The van der Waals surface area contributed by atoms with Crippen LogP contribution in [0.5, 0.6) is 0 Å². The normalized spacial score (nSPS) is 10.5. The second-order valence-electron chi connectivity index (χ2n) is 3.15. The smallest absolute Gasteiger partial charge is 0.133 e. The summed E-state index contributed by atoms with van der Waals surface area (Å²) in [6.07, 6.45) is 0.943. The first-order valence-corrected chi connectivity index (χ1v) is 4.83. The Morgan fingerprint density at radius 2 is 2.07 bits per heavy atom. The topological polar surface area (TPSA) is 35.2 Å². The van der Waals surface area contributed by atoms with Gasteiger partial charge in [-0.3, -0.25) is 0 Å². The van der Waals surface area contributed by atoms with E-state index < -0.39 is 0 Å². The summed E-state index contributed by atoms with van der Waals surface area (Å²) in [6, 6.07) is 5.22. The Bertz CT molecular complexity index is 289. The van der Waals surface area contributed by atoms with E-state index in [9.17, 15) is 4.39 Å². The molecule has 78 valence electrons. The minimum atomic E-state index is -0.230. The zero-order valence-corrected chi connectivity index (χ0v) is 8.42. The summed E-state index contributed by atoms with van der Waals surface area (Å²) < 4.78 is 18.8. The van der Waals surface area contributed by atoms with Crippen LogP contribution in [-0.2, 0) is 17.9 Å². The maximum absolute atomic E-state index is 13.5. The number of hydrogen-bond donors (Lipinski definition) is 1. The van der Waals surface area contributed by atoms with Gasteiger partial charge in [-0.2, -0.15) is 0 Å². The van der Waals surface area contributed by atoms with E-state index in [-0.39, 0.29) is 12.4 Å². The molecule has 0 atom stereocenters. The standard InChI is InChI=1S/C11H16FNO/c1-2-6-14-8-10-5-3-4-9(7-13)11(10)12/h3-5H,2,6-8,13H2,1H3. The van der Waals surface area contributed by atoms with Crippen molar-refractivity contribution in [3.63, 3.8) is 0 Å². The number of benzene rings is 1. The summed E-state index contributed by atoms with van der Waals surface area (Å²) in [4.78, 5) is 0. The molecule has 0 saturated carbocycles. The zero-order chi connectivity index (χ0) is 10.4. The highest BCUT2D eigenvalue weighted by atomic mass is 19.1. The molecule has 0 unspecified atom stereocenters. The van der Waals surface area contributed by atoms with Crippen molar-refractivity contribution in [1.29, 1.82) is 0 Å². The molecule has 0 aliphatic rings. The second-order valence-corrected chi connectivity index (χ2v) is 3.15. The van der Waals surface area contributed by atoms with Crippen molar-refractivity contribution in [3.8, 4) is 0 Å². The molecule has 2 N–H and O–H groups in total. The molecule has 14 heavy (non-hydrogen) atoms. The highest BCUT2D eigenvalue weighted by molar-refractivity contribution is 5.25.